The van der Waals surface area contributed by atoms with Crippen LogP contribution in [0.4, 0.5) is 4.39 Å². The van der Waals surface area contributed by atoms with E-state index in [0.29, 0.717) is 41.9 Å². The van der Waals surface area contributed by atoms with Crippen LogP contribution in [-0.2, 0) is 25.8 Å². The maximum atomic E-state index is 14.2. The largest absolute Gasteiger partial charge is 0.494 e. The smallest absolute Gasteiger partial charge is 0.266 e. The van der Waals surface area contributed by atoms with Gasteiger partial charge < -0.3 is 14.6 Å². The van der Waals surface area contributed by atoms with Gasteiger partial charge in [-0.05, 0) is 72.1 Å². The molecule has 1 aliphatic heterocycles. The molecule has 0 fully saturated rings. The SMILES string of the molecule is O=C(NNCCc1ccccc1F)[C@@]1(CCS(=O)(=O)c2ccccc2)N=C(c2ccc(OCCCO)cc2)O[C@H]1c1ccc(Br)cc1. The number of carbonyl (C=O) groups is 1. The van der Waals surface area contributed by atoms with Crippen LogP contribution in [0, 0.1) is 5.82 Å². The van der Waals surface area contributed by atoms with E-state index in [1.165, 1.54) is 18.2 Å². The van der Waals surface area contributed by atoms with E-state index >= 15 is 0 Å². The number of halogens is 2. The Morgan fingerprint density at radius 1 is 0.979 bits per heavy atom. The first-order valence-electron chi connectivity index (χ1n) is 15.1. The molecule has 4 aromatic rings. The predicted octanol–water partition coefficient (Wildman–Crippen LogP) is 5.33. The van der Waals surface area contributed by atoms with Crippen LogP contribution < -0.4 is 15.6 Å². The maximum absolute atomic E-state index is 14.2. The predicted molar refractivity (Wildman–Crippen MR) is 180 cm³/mol. The van der Waals surface area contributed by atoms with Crippen molar-refractivity contribution in [2.45, 2.75) is 35.8 Å². The van der Waals surface area contributed by atoms with Crippen molar-refractivity contribution >= 4 is 37.6 Å². The lowest BCUT2D eigenvalue weighted by Gasteiger charge is -2.30. The average Bonchev–Trinajstić information content (AvgIpc) is 3.48. The Kier molecular flexibility index (Phi) is 11.4. The van der Waals surface area contributed by atoms with E-state index in [0.717, 1.165) is 4.47 Å². The van der Waals surface area contributed by atoms with Gasteiger partial charge in [0.25, 0.3) is 5.91 Å². The molecule has 47 heavy (non-hydrogen) atoms. The number of carbonyl (C=O) groups excluding carboxylic acids is 1. The lowest BCUT2D eigenvalue weighted by Crippen LogP contribution is -2.53. The van der Waals surface area contributed by atoms with Crippen molar-refractivity contribution in [1.82, 2.24) is 10.9 Å². The number of ether oxygens (including phenoxy) is 2. The molecule has 5 rings (SSSR count). The molecule has 2 atom stereocenters. The van der Waals surface area contributed by atoms with Crippen molar-refractivity contribution in [1.29, 1.82) is 0 Å². The van der Waals surface area contributed by atoms with Crippen LogP contribution >= 0.6 is 15.9 Å². The molecule has 1 aliphatic rings. The fourth-order valence-electron chi connectivity index (χ4n) is 5.19. The molecule has 0 saturated heterocycles. The van der Waals surface area contributed by atoms with Crippen LogP contribution in [0.3, 0.4) is 0 Å². The van der Waals surface area contributed by atoms with Crippen LogP contribution in [0.15, 0.2) is 117 Å². The highest BCUT2D eigenvalue weighted by atomic mass is 79.9. The van der Waals surface area contributed by atoms with Crippen molar-refractivity contribution in [2.24, 2.45) is 4.99 Å². The molecule has 9 nitrogen and oxygen atoms in total. The molecule has 0 aromatic heterocycles. The van der Waals surface area contributed by atoms with Gasteiger partial charge in [0.1, 0.15) is 11.6 Å². The van der Waals surface area contributed by atoms with Crippen molar-refractivity contribution < 1.29 is 32.2 Å². The quantitative estimate of drug-likeness (QED) is 0.112. The van der Waals surface area contributed by atoms with Gasteiger partial charge in [0, 0.05) is 36.0 Å². The Bertz CT molecular complexity index is 1790. The summed E-state index contributed by atoms with van der Waals surface area (Å²) >= 11 is 3.45. The number of aliphatic hydroxyl groups is 1. The minimum Gasteiger partial charge on any atom is -0.494 e. The summed E-state index contributed by atoms with van der Waals surface area (Å²) in [6.45, 7) is 0.577. The van der Waals surface area contributed by atoms with Gasteiger partial charge in [-0.25, -0.2) is 23.2 Å². The van der Waals surface area contributed by atoms with Crippen LogP contribution in [0.1, 0.15) is 35.6 Å². The van der Waals surface area contributed by atoms with E-state index in [9.17, 15) is 17.6 Å². The Labute approximate surface area is 281 Å². The molecule has 0 saturated carbocycles. The third kappa shape index (κ3) is 8.44. The van der Waals surface area contributed by atoms with Crippen LogP contribution in [0.5, 0.6) is 5.75 Å². The highest BCUT2D eigenvalue weighted by Crippen LogP contribution is 2.43. The van der Waals surface area contributed by atoms with Crippen molar-refractivity contribution in [3.8, 4) is 5.75 Å². The zero-order valence-electron chi connectivity index (χ0n) is 25.4. The van der Waals surface area contributed by atoms with E-state index in [-0.39, 0.29) is 41.9 Å². The number of sulfone groups is 1. The molecule has 0 radical (unpaired) electrons. The molecule has 4 aromatic carbocycles. The summed E-state index contributed by atoms with van der Waals surface area (Å²) in [7, 11) is -3.81. The normalized spacial score (nSPS) is 17.5. The standard InChI is InChI=1S/C35H35BrFN3O6S/c36-28-15-11-26(12-16-28)32-35(20-24-47(43,44)30-8-2-1-3-9-30,34(42)40-38-21-19-25-7-4-5-10-31(25)37)39-33(46-32)27-13-17-29(18-14-27)45-23-6-22-41/h1-5,7-18,32,38,41H,6,19-24H2,(H,40,42)/t32-,35-/m0/s1. The molecule has 1 heterocycles. The third-order valence-corrected chi connectivity index (χ3v) is 10.00. The first-order valence-corrected chi connectivity index (χ1v) is 17.6. The molecule has 0 spiro atoms. The summed E-state index contributed by atoms with van der Waals surface area (Å²) < 4.78 is 54.0. The van der Waals surface area contributed by atoms with Gasteiger partial charge in [0.2, 0.25) is 5.90 Å². The summed E-state index contributed by atoms with van der Waals surface area (Å²) in [5.74, 6) is -0.576. The number of aliphatic imine (C=N–C) groups is 1. The second-order valence-electron chi connectivity index (χ2n) is 10.9. The fraction of sp³-hybridized carbons (Fsp3) is 0.257. The number of hydrazine groups is 1. The molecule has 246 valence electrons. The van der Waals surface area contributed by atoms with Gasteiger partial charge in [0.15, 0.2) is 21.5 Å². The summed E-state index contributed by atoms with van der Waals surface area (Å²) in [4.78, 5) is 19.2. The lowest BCUT2D eigenvalue weighted by molar-refractivity contribution is -0.130. The number of nitrogens with one attached hydrogen (secondary N) is 2. The molecule has 3 N–H and O–H groups in total. The molecule has 1 amide bonds. The number of amides is 1. The Morgan fingerprint density at radius 2 is 1.68 bits per heavy atom. The van der Waals surface area contributed by atoms with Gasteiger partial charge in [-0.1, -0.05) is 64.5 Å². The lowest BCUT2D eigenvalue weighted by atomic mass is 9.85. The number of nitrogens with zero attached hydrogens (tertiary/aromatic N) is 1. The second kappa shape index (κ2) is 15.7. The van der Waals surface area contributed by atoms with E-state index in [2.05, 4.69) is 26.8 Å². The number of aliphatic hydroxyl groups excluding tert-OH is 1. The average molecular weight is 725 g/mol. The highest BCUT2D eigenvalue weighted by molar-refractivity contribution is 9.10. The van der Waals surface area contributed by atoms with Gasteiger partial charge in [-0.3, -0.25) is 10.2 Å². The van der Waals surface area contributed by atoms with Crippen molar-refractivity contribution in [2.75, 3.05) is 25.5 Å². The van der Waals surface area contributed by atoms with E-state index in [1.54, 1.807) is 72.8 Å². The second-order valence-corrected chi connectivity index (χ2v) is 14.0. The topological polar surface area (TPSA) is 126 Å². The van der Waals surface area contributed by atoms with E-state index in [1.807, 2.05) is 12.1 Å². The zero-order valence-corrected chi connectivity index (χ0v) is 27.8. The van der Waals surface area contributed by atoms with Gasteiger partial charge in [-0.2, -0.15) is 0 Å². The Balaban J connectivity index is 1.48. The minimum absolute atomic E-state index is 0.0162. The summed E-state index contributed by atoms with van der Waals surface area (Å²) in [6.07, 6.45) is -0.386. The number of hydrogen-bond acceptors (Lipinski definition) is 8. The summed E-state index contributed by atoms with van der Waals surface area (Å²) in [5.41, 5.74) is 5.55. The summed E-state index contributed by atoms with van der Waals surface area (Å²) in [5, 5.41) is 9.05. The Hall–Kier alpha value is -4.10. The van der Waals surface area contributed by atoms with Crippen molar-refractivity contribution in [3.05, 3.63) is 130 Å². The highest BCUT2D eigenvalue weighted by Gasteiger charge is 2.53. The third-order valence-electron chi connectivity index (χ3n) is 7.74. The first kappa shape index (κ1) is 34.2. The maximum Gasteiger partial charge on any atom is 0.266 e. The first-order chi connectivity index (χ1) is 22.7. The molecule has 0 unspecified atom stereocenters. The molecular formula is C35H35BrFN3O6S. The number of benzene rings is 4. The van der Waals surface area contributed by atoms with Gasteiger partial charge in [-0.15, -0.1) is 0 Å². The van der Waals surface area contributed by atoms with Crippen LogP contribution in [0.25, 0.3) is 0 Å². The molecular weight excluding hydrogens is 689 g/mol. The van der Waals surface area contributed by atoms with Gasteiger partial charge in [0.05, 0.1) is 17.3 Å². The zero-order chi connectivity index (χ0) is 33.3. The summed E-state index contributed by atoms with van der Waals surface area (Å²) in [6, 6.07) is 28.6. The molecule has 12 heteroatoms. The van der Waals surface area contributed by atoms with Gasteiger partial charge >= 0.3 is 0 Å². The molecule has 0 bridgehead atoms. The van der Waals surface area contributed by atoms with Crippen molar-refractivity contribution in [3.63, 3.8) is 0 Å². The number of rotatable bonds is 15. The molecule has 0 aliphatic carbocycles. The van der Waals surface area contributed by atoms with E-state index in [4.69, 9.17) is 19.6 Å². The van der Waals surface area contributed by atoms with E-state index < -0.39 is 27.4 Å². The van der Waals surface area contributed by atoms with Crippen LogP contribution in [0.2, 0.25) is 0 Å². The fourth-order valence-corrected chi connectivity index (χ4v) is 6.84. The minimum atomic E-state index is -3.81. The number of hydrogen-bond donors (Lipinski definition) is 3. The monoisotopic (exact) mass is 723 g/mol. The Morgan fingerprint density at radius 3 is 2.38 bits per heavy atom. The van der Waals surface area contributed by atoms with Crippen LogP contribution in [-0.4, -0.2) is 56.4 Å².